The van der Waals surface area contributed by atoms with Gasteiger partial charge in [0.05, 0.1) is 6.04 Å². The lowest BCUT2D eigenvalue weighted by atomic mass is 10.0. The minimum atomic E-state index is -0.206. The average molecular weight is 270 g/mol. The Labute approximate surface area is 118 Å². The van der Waals surface area contributed by atoms with Crippen LogP contribution in [0, 0.1) is 6.92 Å². The van der Waals surface area contributed by atoms with Gasteiger partial charge < -0.3 is 16.2 Å². The van der Waals surface area contributed by atoms with Gasteiger partial charge in [0.2, 0.25) is 0 Å². The number of carbonyl (C=O) groups excluding carboxylic acids is 1. The van der Waals surface area contributed by atoms with Gasteiger partial charge in [-0.1, -0.05) is 18.2 Å². The average Bonchev–Trinajstić information content (AvgIpc) is 2.42. The second-order valence-corrected chi connectivity index (χ2v) is 4.81. The SMILES string of the molecule is Cc1c(O)cccc1C(=O)NC(C)c1ccc(N)cc1. The summed E-state index contributed by atoms with van der Waals surface area (Å²) in [7, 11) is 0. The molecule has 20 heavy (non-hydrogen) atoms. The van der Waals surface area contributed by atoms with Gasteiger partial charge in [-0.05, 0) is 43.7 Å². The van der Waals surface area contributed by atoms with Crippen LogP contribution in [-0.4, -0.2) is 11.0 Å². The highest BCUT2D eigenvalue weighted by molar-refractivity contribution is 5.96. The third-order valence-corrected chi connectivity index (χ3v) is 3.33. The number of hydrogen-bond acceptors (Lipinski definition) is 3. The normalized spacial score (nSPS) is 11.9. The Kier molecular flexibility index (Phi) is 3.94. The molecule has 1 atom stereocenters. The Morgan fingerprint density at radius 1 is 1.20 bits per heavy atom. The van der Waals surface area contributed by atoms with Crippen molar-refractivity contribution in [2.45, 2.75) is 19.9 Å². The second kappa shape index (κ2) is 5.65. The van der Waals surface area contributed by atoms with Gasteiger partial charge in [-0.15, -0.1) is 0 Å². The molecule has 4 heteroatoms. The lowest BCUT2D eigenvalue weighted by molar-refractivity contribution is 0.0939. The van der Waals surface area contributed by atoms with Crippen LogP contribution in [0.2, 0.25) is 0 Å². The Morgan fingerprint density at radius 2 is 1.85 bits per heavy atom. The van der Waals surface area contributed by atoms with E-state index in [9.17, 15) is 9.90 Å². The summed E-state index contributed by atoms with van der Waals surface area (Å²) in [4.78, 5) is 12.2. The van der Waals surface area contributed by atoms with Crippen molar-refractivity contribution in [1.29, 1.82) is 0 Å². The van der Waals surface area contributed by atoms with Crippen molar-refractivity contribution in [3.05, 3.63) is 59.2 Å². The van der Waals surface area contributed by atoms with E-state index in [-0.39, 0.29) is 17.7 Å². The maximum atomic E-state index is 12.2. The third-order valence-electron chi connectivity index (χ3n) is 3.33. The van der Waals surface area contributed by atoms with Crippen LogP contribution < -0.4 is 11.1 Å². The highest BCUT2D eigenvalue weighted by Crippen LogP contribution is 2.21. The molecular formula is C16H18N2O2. The third kappa shape index (κ3) is 2.91. The van der Waals surface area contributed by atoms with Crippen LogP contribution in [0.5, 0.6) is 5.75 Å². The number of phenols is 1. The Hall–Kier alpha value is -2.49. The molecule has 1 amide bonds. The molecule has 2 aromatic carbocycles. The highest BCUT2D eigenvalue weighted by Gasteiger charge is 2.14. The fraction of sp³-hybridized carbons (Fsp3) is 0.188. The van der Waals surface area contributed by atoms with E-state index in [1.165, 1.54) is 0 Å². The summed E-state index contributed by atoms with van der Waals surface area (Å²) in [5.41, 5.74) is 8.37. The molecule has 2 rings (SSSR count). The van der Waals surface area contributed by atoms with Crippen LogP contribution in [0.1, 0.15) is 34.5 Å². The maximum Gasteiger partial charge on any atom is 0.252 e. The van der Waals surface area contributed by atoms with Crippen LogP contribution in [0.15, 0.2) is 42.5 Å². The molecule has 0 radical (unpaired) electrons. The number of carbonyl (C=O) groups is 1. The summed E-state index contributed by atoms with van der Waals surface area (Å²) in [5, 5.41) is 12.5. The van der Waals surface area contributed by atoms with Crippen LogP contribution in [0.4, 0.5) is 5.69 Å². The zero-order valence-corrected chi connectivity index (χ0v) is 11.6. The van der Waals surface area contributed by atoms with E-state index in [1.54, 1.807) is 37.3 Å². The molecule has 0 saturated carbocycles. The van der Waals surface area contributed by atoms with Gasteiger partial charge in [-0.2, -0.15) is 0 Å². The van der Waals surface area contributed by atoms with E-state index >= 15 is 0 Å². The summed E-state index contributed by atoms with van der Waals surface area (Å²) in [6.07, 6.45) is 0. The maximum absolute atomic E-state index is 12.2. The van der Waals surface area contributed by atoms with Crippen molar-refractivity contribution in [3.63, 3.8) is 0 Å². The van der Waals surface area contributed by atoms with Crippen molar-refractivity contribution >= 4 is 11.6 Å². The van der Waals surface area contributed by atoms with Gasteiger partial charge in [0.15, 0.2) is 0 Å². The van der Waals surface area contributed by atoms with Gasteiger partial charge in [0, 0.05) is 16.8 Å². The molecule has 0 saturated heterocycles. The zero-order valence-electron chi connectivity index (χ0n) is 11.6. The van der Waals surface area contributed by atoms with Crippen molar-refractivity contribution in [3.8, 4) is 5.75 Å². The predicted molar refractivity (Wildman–Crippen MR) is 79.6 cm³/mol. The largest absolute Gasteiger partial charge is 0.508 e. The minimum absolute atomic E-state index is 0.123. The lowest BCUT2D eigenvalue weighted by Crippen LogP contribution is -2.27. The van der Waals surface area contributed by atoms with E-state index in [2.05, 4.69) is 5.32 Å². The summed E-state index contributed by atoms with van der Waals surface area (Å²) in [6, 6.07) is 12.2. The van der Waals surface area contributed by atoms with Gasteiger partial charge in [0.1, 0.15) is 5.75 Å². The Bertz CT molecular complexity index is 621. The molecule has 0 heterocycles. The number of aromatic hydroxyl groups is 1. The predicted octanol–water partition coefficient (Wildman–Crippen LogP) is 2.77. The number of amides is 1. The number of nitrogens with two attached hydrogens (primary N) is 1. The first-order valence-electron chi connectivity index (χ1n) is 6.44. The van der Waals surface area contributed by atoms with E-state index in [0.29, 0.717) is 16.8 Å². The molecule has 0 aromatic heterocycles. The van der Waals surface area contributed by atoms with Crippen molar-refractivity contribution in [2.24, 2.45) is 0 Å². The number of rotatable bonds is 3. The monoisotopic (exact) mass is 270 g/mol. The van der Waals surface area contributed by atoms with Crippen LogP contribution in [0.25, 0.3) is 0 Å². The van der Waals surface area contributed by atoms with Crippen molar-refractivity contribution in [2.75, 3.05) is 5.73 Å². The number of nitrogens with one attached hydrogen (secondary N) is 1. The first-order chi connectivity index (χ1) is 9.49. The first kappa shape index (κ1) is 13.9. The van der Waals surface area contributed by atoms with Crippen molar-refractivity contribution in [1.82, 2.24) is 5.32 Å². The molecule has 0 bridgehead atoms. The number of anilines is 1. The standard InChI is InChI=1S/C16H18N2O2/c1-10-14(4-3-5-15(10)19)16(20)18-11(2)12-6-8-13(17)9-7-12/h3-9,11,19H,17H2,1-2H3,(H,18,20). The lowest BCUT2D eigenvalue weighted by Gasteiger charge is -2.16. The van der Waals surface area contributed by atoms with E-state index < -0.39 is 0 Å². The molecule has 4 N–H and O–H groups in total. The molecular weight excluding hydrogens is 252 g/mol. The highest BCUT2D eigenvalue weighted by atomic mass is 16.3. The summed E-state index contributed by atoms with van der Waals surface area (Å²) >= 11 is 0. The number of benzene rings is 2. The van der Waals surface area contributed by atoms with Crippen LogP contribution in [0.3, 0.4) is 0 Å². The second-order valence-electron chi connectivity index (χ2n) is 4.81. The van der Waals surface area contributed by atoms with E-state index in [4.69, 9.17) is 5.73 Å². The zero-order chi connectivity index (χ0) is 14.7. The molecule has 0 aliphatic heterocycles. The molecule has 2 aromatic rings. The van der Waals surface area contributed by atoms with Gasteiger partial charge in [-0.3, -0.25) is 4.79 Å². The molecule has 0 spiro atoms. The molecule has 0 fully saturated rings. The van der Waals surface area contributed by atoms with Crippen LogP contribution in [-0.2, 0) is 0 Å². The molecule has 0 aliphatic rings. The fourth-order valence-corrected chi connectivity index (χ4v) is 2.01. The quantitative estimate of drug-likeness (QED) is 0.751. The fourth-order valence-electron chi connectivity index (χ4n) is 2.01. The van der Waals surface area contributed by atoms with Gasteiger partial charge in [-0.25, -0.2) is 0 Å². The van der Waals surface area contributed by atoms with Gasteiger partial charge in [0.25, 0.3) is 5.91 Å². The van der Waals surface area contributed by atoms with E-state index in [1.807, 2.05) is 19.1 Å². The van der Waals surface area contributed by atoms with Crippen molar-refractivity contribution < 1.29 is 9.90 Å². The van der Waals surface area contributed by atoms with Crippen LogP contribution >= 0.6 is 0 Å². The molecule has 1 unspecified atom stereocenters. The summed E-state index contributed by atoms with van der Waals surface area (Å²) in [6.45, 7) is 3.62. The molecule has 104 valence electrons. The smallest absolute Gasteiger partial charge is 0.252 e. The van der Waals surface area contributed by atoms with Gasteiger partial charge >= 0.3 is 0 Å². The molecule has 4 nitrogen and oxygen atoms in total. The molecule has 0 aliphatic carbocycles. The number of hydrogen-bond donors (Lipinski definition) is 3. The van der Waals surface area contributed by atoms with E-state index in [0.717, 1.165) is 5.56 Å². The Morgan fingerprint density at radius 3 is 2.50 bits per heavy atom. The number of phenolic OH excluding ortho intramolecular Hbond substituents is 1. The summed E-state index contributed by atoms with van der Waals surface area (Å²) in [5.74, 6) is -0.0829. The topological polar surface area (TPSA) is 75.3 Å². The number of nitrogen functional groups attached to an aromatic ring is 1. The Balaban J connectivity index is 2.15. The summed E-state index contributed by atoms with van der Waals surface area (Å²) < 4.78 is 0. The first-order valence-corrected chi connectivity index (χ1v) is 6.44. The minimum Gasteiger partial charge on any atom is -0.508 e.